The fourth-order valence-electron chi connectivity index (χ4n) is 4.77. The largest absolute Gasteiger partial charge is 0.383 e. The Morgan fingerprint density at radius 1 is 0.559 bits per heavy atom. The molecule has 34 heavy (non-hydrogen) atoms. The summed E-state index contributed by atoms with van der Waals surface area (Å²) in [5.74, 6) is 2.06. The van der Waals surface area contributed by atoms with Gasteiger partial charge in [-0.25, -0.2) is 0 Å². The second-order valence-corrected chi connectivity index (χ2v) is 11.4. The minimum Gasteiger partial charge on any atom is -0.383 e. The monoisotopic (exact) mass is 465 g/mol. The number of anilines is 2. The number of aryl methyl sites for hydroxylation is 2. The van der Waals surface area contributed by atoms with Gasteiger partial charge in [-0.1, -0.05) is 90.8 Å². The molecule has 0 amide bonds. The molecule has 2 aromatic carbocycles. The highest BCUT2D eigenvalue weighted by molar-refractivity contribution is 5.62. The summed E-state index contributed by atoms with van der Waals surface area (Å²) < 4.78 is 0. The fraction of sp³-hybridized carbons (Fsp3) is 0.613. The summed E-state index contributed by atoms with van der Waals surface area (Å²) >= 11 is 0. The summed E-state index contributed by atoms with van der Waals surface area (Å²) in [6.07, 6.45) is 0. The van der Waals surface area contributed by atoms with Crippen molar-refractivity contribution >= 4 is 11.4 Å². The Kier molecular flexibility index (Phi) is 10.5. The molecule has 2 N–H and O–H groups in total. The summed E-state index contributed by atoms with van der Waals surface area (Å²) in [4.78, 5) is 2.43. The van der Waals surface area contributed by atoms with Gasteiger partial charge in [0.05, 0.1) is 0 Å². The van der Waals surface area contributed by atoms with Crippen molar-refractivity contribution in [2.75, 3.05) is 43.9 Å². The first-order valence-electron chi connectivity index (χ1n) is 13.4. The van der Waals surface area contributed by atoms with Gasteiger partial charge in [0.2, 0.25) is 0 Å². The Labute approximate surface area is 210 Å². The fourth-order valence-corrected chi connectivity index (χ4v) is 4.77. The van der Waals surface area contributed by atoms with E-state index in [-0.39, 0.29) is 0 Å². The first kappa shape index (κ1) is 28.2. The van der Waals surface area contributed by atoms with E-state index in [0.29, 0.717) is 23.7 Å². The van der Waals surface area contributed by atoms with Crippen molar-refractivity contribution in [3.05, 3.63) is 57.6 Å². The predicted molar refractivity (Wildman–Crippen MR) is 153 cm³/mol. The quantitative estimate of drug-likeness (QED) is 0.330. The zero-order valence-electron chi connectivity index (χ0n) is 23.9. The molecule has 0 saturated heterocycles. The standard InChI is InChI=1S/C31H51N3/c1-20(2)26-16-24(9)17-27(21(3)4)30(26)32-12-14-34(11)15-13-33-31-28(22(5)6)18-25(10)19-29(31)23(7)8/h16-23,32-33H,12-15H2,1-11H3. The number of rotatable bonds is 12. The van der Waals surface area contributed by atoms with Crippen LogP contribution in [0.3, 0.4) is 0 Å². The predicted octanol–water partition coefficient (Wildman–Crippen LogP) is 8.25. The molecule has 0 unspecified atom stereocenters. The van der Waals surface area contributed by atoms with Crippen molar-refractivity contribution in [1.82, 2.24) is 4.90 Å². The number of hydrogen-bond acceptors (Lipinski definition) is 3. The van der Waals surface area contributed by atoms with E-state index in [1.54, 1.807) is 0 Å². The second-order valence-electron chi connectivity index (χ2n) is 11.4. The third-order valence-electron chi connectivity index (χ3n) is 6.77. The molecule has 190 valence electrons. The summed E-state index contributed by atoms with van der Waals surface area (Å²) in [5, 5.41) is 7.61. The Morgan fingerprint density at radius 3 is 1.06 bits per heavy atom. The lowest BCUT2D eigenvalue weighted by Gasteiger charge is -2.25. The minimum absolute atomic E-state index is 0.515. The topological polar surface area (TPSA) is 27.3 Å². The molecule has 0 spiro atoms. The van der Waals surface area contributed by atoms with Crippen molar-refractivity contribution in [1.29, 1.82) is 0 Å². The van der Waals surface area contributed by atoms with Crippen LogP contribution in [-0.2, 0) is 0 Å². The molecule has 0 heterocycles. The van der Waals surface area contributed by atoms with Crippen LogP contribution in [0.1, 0.15) is 112 Å². The van der Waals surface area contributed by atoms with E-state index in [9.17, 15) is 0 Å². The Hall–Kier alpha value is -2.00. The molecule has 0 aromatic heterocycles. The molecule has 2 aromatic rings. The summed E-state index contributed by atoms with van der Waals surface area (Å²) in [7, 11) is 2.23. The molecule has 0 fully saturated rings. The van der Waals surface area contributed by atoms with Gasteiger partial charge >= 0.3 is 0 Å². The smallest absolute Gasteiger partial charge is 0.0411 e. The highest BCUT2D eigenvalue weighted by Gasteiger charge is 2.16. The number of nitrogens with one attached hydrogen (secondary N) is 2. The first-order chi connectivity index (χ1) is 15.9. The van der Waals surface area contributed by atoms with Gasteiger partial charge in [-0.3, -0.25) is 0 Å². The first-order valence-corrected chi connectivity index (χ1v) is 13.4. The van der Waals surface area contributed by atoms with Gasteiger partial charge in [0.1, 0.15) is 0 Å². The summed E-state index contributed by atoms with van der Waals surface area (Å²) in [5.41, 5.74) is 11.2. The highest BCUT2D eigenvalue weighted by atomic mass is 15.1. The normalized spacial score (nSPS) is 12.0. The summed E-state index contributed by atoms with van der Waals surface area (Å²) in [6.45, 7) is 26.7. The number of hydrogen-bond donors (Lipinski definition) is 2. The molecule has 0 atom stereocenters. The minimum atomic E-state index is 0.515. The number of likely N-dealkylation sites (N-methyl/N-ethyl adjacent to an activating group) is 1. The molecule has 0 aliphatic rings. The van der Waals surface area contributed by atoms with Crippen molar-refractivity contribution < 1.29 is 0 Å². The van der Waals surface area contributed by atoms with E-state index in [1.165, 1.54) is 44.8 Å². The zero-order chi connectivity index (χ0) is 25.6. The van der Waals surface area contributed by atoms with Gasteiger partial charge in [0.25, 0.3) is 0 Å². The third-order valence-corrected chi connectivity index (χ3v) is 6.77. The van der Waals surface area contributed by atoms with Gasteiger partial charge in [0, 0.05) is 37.6 Å². The molecule has 0 aliphatic heterocycles. The number of benzene rings is 2. The maximum absolute atomic E-state index is 3.80. The lowest BCUT2D eigenvalue weighted by atomic mass is 9.90. The zero-order valence-corrected chi connectivity index (χ0v) is 23.9. The van der Waals surface area contributed by atoms with Crippen LogP contribution in [0.2, 0.25) is 0 Å². The van der Waals surface area contributed by atoms with E-state index in [4.69, 9.17) is 0 Å². The lowest BCUT2D eigenvalue weighted by Crippen LogP contribution is -2.30. The Bertz CT molecular complexity index is 791. The molecule has 0 radical (unpaired) electrons. The van der Waals surface area contributed by atoms with Crippen LogP contribution in [0.4, 0.5) is 11.4 Å². The molecule has 3 heteroatoms. The Morgan fingerprint density at radius 2 is 0.824 bits per heavy atom. The molecular weight excluding hydrogens is 414 g/mol. The van der Waals surface area contributed by atoms with Crippen molar-refractivity contribution in [3.63, 3.8) is 0 Å². The molecule has 0 bridgehead atoms. The summed E-state index contributed by atoms with van der Waals surface area (Å²) in [6, 6.07) is 9.42. The van der Waals surface area contributed by atoms with E-state index in [0.717, 1.165) is 26.2 Å². The van der Waals surface area contributed by atoms with Crippen LogP contribution in [0.15, 0.2) is 24.3 Å². The van der Waals surface area contributed by atoms with Gasteiger partial charge < -0.3 is 15.5 Å². The average Bonchev–Trinajstić information content (AvgIpc) is 2.74. The SMILES string of the molecule is Cc1cc(C(C)C)c(NCCN(C)CCNc2c(C(C)C)cc(C)cc2C(C)C)c(C(C)C)c1. The Balaban J connectivity index is 2.01. The van der Waals surface area contributed by atoms with Crippen LogP contribution in [0, 0.1) is 13.8 Å². The van der Waals surface area contributed by atoms with Crippen LogP contribution in [-0.4, -0.2) is 38.1 Å². The van der Waals surface area contributed by atoms with Crippen LogP contribution in [0.25, 0.3) is 0 Å². The maximum atomic E-state index is 3.80. The molecule has 0 saturated carbocycles. The lowest BCUT2D eigenvalue weighted by molar-refractivity contribution is 0.360. The average molecular weight is 466 g/mol. The number of nitrogens with zero attached hydrogens (tertiary/aromatic N) is 1. The van der Waals surface area contributed by atoms with E-state index < -0.39 is 0 Å². The van der Waals surface area contributed by atoms with Crippen LogP contribution in [0.5, 0.6) is 0 Å². The van der Waals surface area contributed by atoms with Gasteiger partial charge in [-0.05, 0) is 66.8 Å². The molecular formula is C31H51N3. The van der Waals surface area contributed by atoms with Crippen molar-refractivity contribution in [3.8, 4) is 0 Å². The van der Waals surface area contributed by atoms with E-state index in [2.05, 4.69) is 116 Å². The van der Waals surface area contributed by atoms with Crippen LogP contribution < -0.4 is 10.6 Å². The van der Waals surface area contributed by atoms with Gasteiger partial charge in [-0.2, -0.15) is 0 Å². The van der Waals surface area contributed by atoms with E-state index >= 15 is 0 Å². The maximum Gasteiger partial charge on any atom is 0.0411 e. The molecule has 0 aliphatic carbocycles. The van der Waals surface area contributed by atoms with E-state index in [1.807, 2.05) is 0 Å². The second kappa shape index (κ2) is 12.6. The van der Waals surface area contributed by atoms with Crippen molar-refractivity contribution in [2.24, 2.45) is 0 Å². The highest BCUT2D eigenvalue weighted by Crippen LogP contribution is 2.35. The van der Waals surface area contributed by atoms with Gasteiger partial charge in [-0.15, -0.1) is 0 Å². The third kappa shape index (κ3) is 7.50. The van der Waals surface area contributed by atoms with Crippen molar-refractivity contribution in [2.45, 2.75) is 92.9 Å². The van der Waals surface area contributed by atoms with Gasteiger partial charge in [0.15, 0.2) is 0 Å². The molecule has 3 nitrogen and oxygen atoms in total. The van der Waals surface area contributed by atoms with Crippen LogP contribution >= 0.6 is 0 Å². The molecule has 2 rings (SSSR count).